The van der Waals surface area contributed by atoms with Gasteiger partial charge in [0.25, 0.3) is 0 Å². The van der Waals surface area contributed by atoms with Crippen LogP contribution >= 0.6 is 0 Å². The van der Waals surface area contributed by atoms with Crippen LogP contribution in [0.15, 0.2) is 24.3 Å². The number of aliphatic hydroxyl groups is 1. The maximum Gasteiger partial charge on any atom is 0.204 e. The van der Waals surface area contributed by atoms with Crippen LogP contribution in [0.3, 0.4) is 0 Å². The molecule has 1 aliphatic heterocycles. The number of rotatable bonds is 3. The van der Waals surface area contributed by atoms with Crippen molar-refractivity contribution in [2.75, 3.05) is 13.2 Å². The van der Waals surface area contributed by atoms with Crippen molar-refractivity contribution >= 4 is 11.6 Å². The van der Waals surface area contributed by atoms with Crippen molar-refractivity contribution in [3.8, 4) is 34.5 Å². The summed E-state index contributed by atoms with van der Waals surface area (Å²) in [6.45, 7) is 2.63. The van der Waals surface area contributed by atoms with Gasteiger partial charge >= 0.3 is 0 Å². The molecule has 0 fully saturated rings. The van der Waals surface area contributed by atoms with E-state index in [1.54, 1.807) is 6.07 Å². The summed E-state index contributed by atoms with van der Waals surface area (Å²) in [5, 5.41) is 45.7. The summed E-state index contributed by atoms with van der Waals surface area (Å²) in [5.74, 6) is -2.05. The lowest BCUT2D eigenvalue weighted by Gasteiger charge is -2.26. The first kappa shape index (κ1) is 20.8. The van der Waals surface area contributed by atoms with Crippen molar-refractivity contribution < 1.29 is 44.6 Å². The predicted octanol–water partition coefficient (Wildman–Crippen LogP) is 1.73. The Labute approximate surface area is 160 Å². The van der Waals surface area contributed by atoms with Crippen molar-refractivity contribution in [2.45, 2.75) is 20.0 Å². The number of carbonyl (C=O) groups excluding carboxylic acids is 2. The van der Waals surface area contributed by atoms with E-state index in [-0.39, 0.29) is 47.4 Å². The third-order valence-corrected chi connectivity index (χ3v) is 3.90. The molecular formula is C19H20O9. The highest BCUT2D eigenvalue weighted by Gasteiger charge is 2.25. The number of fused-ring (bicyclic) bond motifs is 1. The molecule has 0 bridgehead atoms. The van der Waals surface area contributed by atoms with Gasteiger partial charge in [-0.3, -0.25) is 9.59 Å². The average Bonchev–Trinajstić information content (AvgIpc) is 2.66. The average molecular weight is 392 g/mol. The number of aromatic hydroxyl groups is 4. The standard InChI is InChI=1S/C11H12O5.C8H8O4/c1-6(13)8-2-3-9-11(10(8)14)16-7(4-12)5-15-9;1-4(9)5-2-3-6(10)8(12)7(5)11/h2-3,7,12,14H,4-5H2,1H3;2-3,10-12H,1H3. The van der Waals surface area contributed by atoms with Crippen LogP contribution in [-0.2, 0) is 0 Å². The largest absolute Gasteiger partial charge is 0.504 e. The maximum absolute atomic E-state index is 11.2. The second-order valence-corrected chi connectivity index (χ2v) is 5.96. The molecule has 0 radical (unpaired) electrons. The Hall–Kier alpha value is -3.46. The van der Waals surface area contributed by atoms with E-state index in [1.165, 1.54) is 26.0 Å². The van der Waals surface area contributed by atoms with Gasteiger partial charge in [-0.15, -0.1) is 0 Å². The van der Waals surface area contributed by atoms with Gasteiger partial charge in [-0.25, -0.2) is 0 Å². The molecule has 0 saturated carbocycles. The smallest absolute Gasteiger partial charge is 0.204 e. The molecule has 0 saturated heterocycles. The minimum absolute atomic E-state index is 0.00898. The summed E-state index contributed by atoms with van der Waals surface area (Å²) in [6.07, 6.45) is -0.513. The highest BCUT2D eigenvalue weighted by molar-refractivity contribution is 5.98. The van der Waals surface area contributed by atoms with Crippen molar-refractivity contribution in [2.24, 2.45) is 0 Å². The van der Waals surface area contributed by atoms with Crippen LogP contribution in [0.25, 0.3) is 0 Å². The van der Waals surface area contributed by atoms with E-state index >= 15 is 0 Å². The molecule has 1 unspecified atom stereocenters. The maximum atomic E-state index is 11.2. The fourth-order valence-corrected chi connectivity index (χ4v) is 2.39. The lowest BCUT2D eigenvalue weighted by molar-refractivity contribution is 0.0429. The topological polar surface area (TPSA) is 154 Å². The van der Waals surface area contributed by atoms with E-state index in [1.807, 2.05) is 0 Å². The van der Waals surface area contributed by atoms with Gasteiger partial charge in [0.2, 0.25) is 11.5 Å². The minimum atomic E-state index is -0.664. The Morgan fingerprint density at radius 1 is 0.929 bits per heavy atom. The molecule has 1 aliphatic rings. The molecule has 1 heterocycles. The van der Waals surface area contributed by atoms with Crippen LogP contribution in [0, 0.1) is 0 Å². The molecule has 3 rings (SSSR count). The van der Waals surface area contributed by atoms with Crippen molar-refractivity contribution in [1.29, 1.82) is 0 Å². The molecule has 9 heteroatoms. The van der Waals surface area contributed by atoms with Crippen LogP contribution < -0.4 is 9.47 Å². The number of ketones is 2. The summed E-state index contributed by atoms with van der Waals surface area (Å²) in [5.41, 5.74) is 0.172. The Balaban J connectivity index is 0.000000209. The first-order chi connectivity index (χ1) is 13.2. The SMILES string of the molecule is CC(=O)c1ccc(O)c(O)c1O.CC(=O)c1ccc2c(c1O)OC(CO)CO2. The number of Topliss-reactive ketones (excluding diaryl/α,β-unsaturated/α-hetero) is 2. The summed E-state index contributed by atoms with van der Waals surface area (Å²) < 4.78 is 10.6. The summed E-state index contributed by atoms with van der Waals surface area (Å²) >= 11 is 0. The van der Waals surface area contributed by atoms with E-state index in [9.17, 15) is 14.7 Å². The van der Waals surface area contributed by atoms with Gasteiger partial charge in [0.1, 0.15) is 6.61 Å². The number of hydrogen-bond donors (Lipinski definition) is 5. The summed E-state index contributed by atoms with van der Waals surface area (Å²) in [6, 6.07) is 5.44. The van der Waals surface area contributed by atoms with Crippen LogP contribution in [-0.4, -0.2) is 56.4 Å². The molecule has 0 aromatic heterocycles. The molecule has 28 heavy (non-hydrogen) atoms. The lowest BCUT2D eigenvalue weighted by Crippen LogP contribution is -2.32. The molecule has 0 aliphatic carbocycles. The Morgan fingerprint density at radius 2 is 1.50 bits per heavy atom. The molecule has 0 amide bonds. The lowest BCUT2D eigenvalue weighted by atomic mass is 10.1. The van der Waals surface area contributed by atoms with E-state index in [0.29, 0.717) is 5.75 Å². The normalized spacial score (nSPS) is 14.6. The zero-order valence-corrected chi connectivity index (χ0v) is 15.2. The van der Waals surface area contributed by atoms with E-state index < -0.39 is 23.4 Å². The summed E-state index contributed by atoms with van der Waals surface area (Å²) in [4.78, 5) is 22.0. The van der Waals surface area contributed by atoms with Crippen molar-refractivity contribution in [3.05, 3.63) is 35.4 Å². The van der Waals surface area contributed by atoms with Gasteiger partial charge in [0, 0.05) is 0 Å². The molecule has 9 nitrogen and oxygen atoms in total. The van der Waals surface area contributed by atoms with E-state index in [4.69, 9.17) is 29.9 Å². The third kappa shape index (κ3) is 4.26. The monoisotopic (exact) mass is 392 g/mol. The zero-order valence-electron chi connectivity index (χ0n) is 15.2. The Kier molecular flexibility index (Phi) is 6.32. The summed E-state index contributed by atoms with van der Waals surface area (Å²) in [7, 11) is 0. The van der Waals surface area contributed by atoms with Gasteiger partial charge in [-0.2, -0.15) is 0 Å². The zero-order chi connectivity index (χ0) is 21.0. The molecule has 5 N–H and O–H groups in total. The fraction of sp³-hybridized carbons (Fsp3) is 0.263. The van der Waals surface area contributed by atoms with Crippen molar-refractivity contribution in [3.63, 3.8) is 0 Å². The minimum Gasteiger partial charge on any atom is -0.504 e. The second kappa shape index (κ2) is 8.49. The van der Waals surface area contributed by atoms with Crippen LogP contribution in [0.2, 0.25) is 0 Å². The number of ether oxygens (including phenoxy) is 2. The van der Waals surface area contributed by atoms with Gasteiger partial charge in [0.05, 0.1) is 17.7 Å². The number of hydrogen-bond acceptors (Lipinski definition) is 9. The number of phenolic OH excluding ortho intramolecular Hbond substituents is 4. The number of carbonyl (C=O) groups is 2. The molecule has 150 valence electrons. The Morgan fingerprint density at radius 3 is 2.07 bits per heavy atom. The van der Waals surface area contributed by atoms with Gasteiger partial charge < -0.3 is 35.0 Å². The van der Waals surface area contributed by atoms with Crippen LogP contribution in [0.5, 0.6) is 34.5 Å². The highest BCUT2D eigenvalue weighted by atomic mass is 16.6. The molecule has 1 atom stereocenters. The number of aliphatic hydroxyl groups excluding tert-OH is 1. The van der Waals surface area contributed by atoms with Crippen LogP contribution in [0.1, 0.15) is 34.6 Å². The highest BCUT2D eigenvalue weighted by Crippen LogP contribution is 2.42. The first-order valence-electron chi connectivity index (χ1n) is 8.19. The molecule has 0 spiro atoms. The quantitative estimate of drug-likeness (QED) is 0.388. The molecular weight excluding hydrogens is 372 g/mol. The van der Waals surface area contributed by atoms with Crippen LogP contribution in [0.4, 0.5) is 0 Å². The predicted molar refractivity (Wildman–Crippen MR) is 96.5 cm³/mol. The molecule has 2 aromatic carbocycles. The van der Waals surface area contributed by atoms with E-state index in [2.05, 4.69) is 0 Å². The van der Waals surface area contributed by atoms with Crippen molar-refractivity contribution in [1.82, 2.24) is 0 Å². The fourth-order valence-electron chi connectivity index (χ4n) is 2.39. The molecule has 2 aromatic rings. The Bertz CT molecular complexity index is 905. The van der Waals surface area contributed by atoms with Gasteiger partial charge in [0.15, 0.2) is 40.7 Å². The van der Waals surface area contributed by atoms with Gasteiger partial charge in [-0.1, -0.05) is 0 Å². The first-order valence-corrected chi connectivity index (χ1v) is 8.19. The third-order valence-electron chi connectivity index (χ3n) is 3.90. The van der Waals surface area contributed by atoms with Gasteiger partial charge in [-0.05, 0) is 38.1 Å². The number of benzene rings is 2. The number of phenols is 4. The second-order valence-electron chi connectivity index (χ2n) is 5.96. The van der Waals surface area contributed by atoms with E-state index in [0.717, 1.165) is 6.07 Å².